The van der Waals surface area contributed by atoms with Gasteiger partial charge in [-0.15, -0.1) is 0 Å². The zero-order chi connectivity index (χ0) is 14.7. The average molecular weight is 276 g/mol. The lowest BCUT2D eigenvalue weighted by Crippen LogP contribution is -2.33. The van der Waals surface area contributed by atoms with Crippen molar-refractivity contribution in [3.8, 4) is 0 Å². The number of nitrogens with two attached hydrogens (primary N) is 1. The second-order valence-corrected chi connectivity index (χ2v) is 4.72. The van der Waals surface area contributed by atoms with Crippen LogP contribution in [-0.2, 0) is 0 Å². The van der Waals surface area contributed by atoms with Crippen molar-refractivity contribution in [2.75, 3.05) is 11.9 Å². The molecule has 0 aliphatic heterocycles. The van der Waals surface area contributed by atoms with Crippen LogP contribution in [0.1, 0.15) is 0 Å². The molecule has 4 nitrogen and oxygen atoms in total. The van der Waals surface area contributed by atoms with Gasteiger partial charge in [-0.25, -0.2) is 4.98 Å². The van der Waals surface area contributed by atoms with Gasteiger partial charge in [0.05, 0.1) is 5.69 Å². The molecule has 3 aromatic rings. The fraction of sp³-hybridized carbons (Fsp3) is 0.0588. The van der Waals surface area contributed by atoms with Crippen LogP contribution in [0, 0.1) is 0 Å². The minimum absolute atomic E-state index is 0.407. The molecule has 2 N–H and O–H groups in total. The fourth-order valence-corrected chi connectivity index (χ4v) is 2.24. The molecule has 1 heterocycles. The Balaban J connectivity index is 2.01. The number of rotatable bonds is 2. The molecule has 21 heavy (non-hydrogen) atoms. The summed E-state index contributed by atoms with van der Waals surface area (Å²) in [5, 5.41) is 2.31. The van der Waals surface area contributed by atoms with E-state index in [2.05, 4.69) is 28.2 Å². The summed E-state index contributed by atoms with van der Waals surface area (Å²) in [5.74, 6) is 1.01. The molecule has 0 aliphatic rings. The molecule has 0 amide bonds. The quantitative estimate of drug-likeness (QED) is 0.577. The topological polar surface area (TPSA) is 54.5 Å². The van der Waals surface area contributed by atoms with Gasteiger partial charge in [0.2, 0.25) is 5.96 Å². The molecule has 0 bridgehead atoms. The summed E-state index contributed by atoms with van der Waals surface area (Å²) < 4.78 is 0. The highest BCUT2D eigenvalue weighted by molar-refractivity contribution is 6.04. The van der Waals surface area contributed by atoms with Crippen molar-refractivity contribution in [2.24, 2.45) is 10.7 Å². The van der Waals surface area contributed by atoms with Gasteiger partial charge in [0, 0.05) is 18.6 Å². The summed E-state index contributed by atoms with van der Waals surface area (Å²) in [4.78, 5) is 10.4. The van der Waals surface area contributed by atoms with E-state index in [-0.39, 0.29) is 0 Å². The molecule has 0 fully saturated rings. The van der Waals surface area contributed by atoms with E-state index in [1.54, 1.807) is 6.20 Å². The second kappa shape index (κ2) is 5.63. The van der Waals surface area contributed by atoms with E-state index < -0.39 is 0 Å². The van der Waals surface area contributed by atoms with Crippen molar-refractivity contribution in [3.63, 3.8) is 0 Å². The predicted octanol–water partition coefficient (Wildman–Crippen LogP) is 3.32. The molecule has 104 valence electrons. The van der Waals surface area contributed by atoms with E-state index in [0.717, 1.165) is 11.1 Å². The van der Waals surface area contributed by atoms with Gasteiger partial charge < -0.3 is 10.6 Å². The number of hydrogen-bond donors (Lipinski definition) is 1. The molecule has 3 rings (SSSR count). The summed E-state index contributed by atoms with van der Waals surface area (Å²) in [6, 6.07) is 19.9. The van der Waals surface area contributed by atoms with Crippen LogP contribution < -0.4 is 10.6 Å². The second-order valence-electron chi connectivity index (χ2n) is 4.72. The van der Waals surface area contributed by atoms with Crippen LogP contribution in [0.15, 0.2) is 71.9 Å². The van der Waals surface area contributed by atoms with Crippen molar-refractivity contribution in [1.29, 1.82) is 0 Å². The summed E-state index contributed by atoms with van der Waals surface area (Å²) in [7, 11) is 1.91. The highest BCUT2D eigenvalue weighted by Gasteiger charge is 2.09. The lowest BCUT2D eigenvalue weighted by Gasteiger charge is -2.20. The van der Waals surface area contributed by atoms with Crippen LogP contribution in [0.3, 0.4) is 0 Å². The van der Waals surface area contributed by atoms with Crippen molar-refractivity contribution < 1.29 is 0 Å². The summed E-state index contributed by atoms with van der Waals surface area (Å²) in [6.07, 6.45) is 1.70. The Labute approximate surface area is 123 Å². The molecule has 0 atom stereocenters. The molecule has 4 heteroatoms. The van der Waals surface area contributed by atoms with Gasteiger partial charge in [-0.2, -0.15) is 4.99 Å². The fourth-order valence-electron chi connectivity index (χ4n) is 2.24. The number of fused-ring (bicyclic) bond motifs is 1. The van der Waals surface area contributed by atoms with Crippen LogP contribution in [0.5, 0.6) is 0 Å². The molecule has 1 aromatic heterocycles. The standard InChI is InChI=1S/C17H16N4/c1-21(17(18)20-16-11-4-5-12-19-16)15-10-6-8-13-7-2-3-9-14(13)15/h2-12H,1H3,(H2,18,19,20). The first-order valence-corrected chi connectivity index (χ1v) is 6.72. The Morgan fingerprint density at radius 3 is 2.57 bits per heavy atom. The molecule has 0 unspecified atom stereocenters. The molecule has 0 radical (unpaired) electrons. The van der Waals surface area contributed by atoms with Crippen molar-refractivity contribution in [2.45, 2.75) is 0 Å². The highest BCUT2D eigenvalue weighted by atomic mass is 15.2. The number of benzene rings is 2. The molecule has 2 aromatic carbocycles. The normalized spacial score (nSPS) is 11.6. The van der Waals surface area contributed by atoms with Gasteiger partial charge in [-0.1, -0.05) is 42.5 Å². The lowest BCUT2D eigenvalue weighted by atomic mass is 10.1. The van der Waals surface area contributed by atoms with Crippen LogP contribution >= 0.6 is 0 Å². The first kappa shape index (κ1) is 13.1. The zero-order valence-corrected chi connectivity index (χ0v) is 11.8. The smallest absolute Gasteiger partial charge is 0.202 e. The van der Waals surface area contributed by atoms with E-state index in [0.29, 0.717) is 11.8 Å². The van der Waals surface area contributed by atoms with E-state index in [9.17, 15) is 0 Å². The maximum atomic E-state index is 6.11. The zero-order valence-electron chi connectivity index (χ0n) is 11.8. The van der Waals surface area contributed by atoms with Gasteiger partial charge in [0.1, 0.15) is 0 Å². The molecular formula is C17H16N4. The Morgan fingerprint density at radius 1 is 1.00 bits per heavy atom. The van der Waals surface area contributed by atoms with Crippen molar-refractivity contribution in [3.05, 3.63) is 66.9 Å². The van der Waals surface area contributed by atoms with Gasteiger partial charge in [-0.3, -0.25) is 0 Å². The maximum Gasteiger partial charge on any atom is 0.202 e. The third kappa shape index (κ3) is 2.69. The first-order valence-electron chi connectivity index (χ1n) is 6.72. The van der Waals surface area contributed by atoms with Crippen molar-refractivity contribution >= 4 is 28.2 Å². The van der Waals surface area contributed by atoms with E-state index in [4.69, 9.17) is 5.73 Å². The molecule has 0 saturated heterocycles. The number of pyridine rings is 1. The Bertz CT molecular complexity index is 776. The number of hydrogen-bond acceptors (Lipinski definition) is 2. The number of aromatic nitrogens is 1. The van der Waals surface area contributed by atoms with Gasteiger partial charge >= 0.3 is 0 Å². The summed E-state index contributed by atoms with van der Waals surface area (Å²) in [6.45, 7) is 0. The Kier molecular flexibility index (Phi) is 3.51. The highest BCUT2D eigenvalue weighted by Crippen LogP contribution is 2.25. The summed E-state index contributed by atoms with van der Waals surface area (Å²) >= 11 is 0. The third-order valence-electron chi connectivity index (χ3n) is 3.35. The minimum Gasteiger partial charge on any atom is -0.369 e. The van der Waals surface area contributed by atoms with Crippen LogP contribution in [0.4, 0.5) is 11.5 Å². The van der Waals surface area contributed by atoms with Crippen LogP contribution in [-0.4, -0.2) is 18.0 Å². The third-order valence-corrected chi connectivity index (χ3v) is 3.35. The van der Waals surface area contributed by atoms with E-state index in [1.165, 1.54) is 5.39 Å². The van der Waals surface area contributed by atoms with Gasteiger partial charge in [0.15, 0.2) is 5.82 Å². The monoisotopic (exact) mass is 276 g/mol. The molecule has 0 aliphatic carbocycles. The SMILES string of the molecule is CN(C(N)=Nc1ccccn1)c1cccc2ccccc12. The number of guanidine groups is 1. The number of nitrogens with zero attached hydrogens (tertiary/aromatic N) is 3. The van der Waals surface area contributed by atoms with E-state index >= 15 is 0 Å². The van der Waals surface area contributed by atoms with E-state index in [1.807, 2.05) is 54.4 Å². The largest absolute Gasteiger partial charge is 0.369 e. The number of anilines is 1. The molecular weight excluding hydrogens is 260 g/mol. The van der Waals surface area contributed by atoms with Gasteiger partial charge in [0.25, 0.3) is 0 Å². The summed E-state index contributed by atoms with van der Waals surface area (Å²) in [5.41, 5.74) is 7.13. The first-order chi connectivity index (χ1) is 10.3. The molecule has 0 spiro atoms. The van der Waals surface area contributed by atoms with Crippen LogP contribution in [0.2, 0.25) is 0 Å². The van der Waals surface area contributed by atoms with Gasteiger partial charge in [-0.05, 0) is 23.6 Å². The average Bonchev–Trinajstić information content (AvgIpc) is 2.54. The predicted molar refractivity (Wildman–Crippen MR) is 87.9 cm³/mol. The van der Waals surface area contributed by atoms with Crippen LogP contribution in [0.25, 0.3) is 10.8 Å². The lowest BCUT2D eigenvalue weighted by molar-refractivity contribution is 1.20. The minimum atomic E-state index is 0.407. The molecule has 0 saturated carbocycles. The Hall–Kier alpha value is -2.88. The Morgan fingerprint density at radius 2 is 1.76 bits per heavy atom. The number of aliphatic imine (C=N–C) groups is 1. The van der Waals surface area contributed by atoms with Crippen molar-refractivity contribution in [1.82, 2.24) is 4.98 Å². The maximum absolute atomic E-state index is 6.11.